The molecule has 1 amide bonds. The van der Waals surface area contributed by atoms with Gasteiger partial charge in [-0.25, -0.2) is 4.98 Å². The first kappa shape index (κ1) is 19.0. The largest absolute Gasteiger partial charge is 0.379 e. The summed E-state index contributed by atoms with van der Waals surface area (Å²) in [6.07, 6.45) is 0.772. The lowest BCUT2D eigenvalue weighted by Crippen LogP contribution is -2.27. The lowest BCUT2D eigenvalue weighted by molar-refractivity contribution is -0.123. The number of hydrogen-bond donors (Lipinski definition) is 2. The molecule has 3 aromatic rings. The van der Waals surface area contributed by atoms with Gasteiger partial charge in [-0.05, 0) is 24.6 Å². The van der Waals surface area contributed by atoms with Crippen LogP contribution in [-0.2, 0) is 17.8 Å². The molecule has 0 saturated carbocycles. The van der Waals surface area contributed by atoms with Crippen molar-refractivity contribution >= 4 is 33.6 Å². The number of hydrogen-bond acceptors (Lipinski definition) is 6. The Morgan fingerprint density at radius 1 is 1.22 bits per heavy atom. The predicted molar refractivity (Wildman–Crippen MR) is 108 cm³/mol. The van der Waals surface area contributed by atoms with Crippen molar-refractivity contribution in [3.8, 4) is 0 Å². The number of aromatic nitrogens is 3. The van der Waals surface area contributed by atoms with Gasteiger partial charge in [0.05, 0.1) is 12.2 Å². The average molecular weight is 385 g/mol. The van der Waals surface area contributed by atoms with Gasteiger partial charge in [0, 0.05) is 22.9 Å². The van der Waals surface area contributed by atoms with E-state index in [1.54, 1.807) is 0 Å². The highest BCUT2D eigenvalue weighted by atomic mass is 32.1. The smallest absolute Gasteiger partial charge is 0.275 e. The van der Waals surface area contributed by atoms with Crippen molar-refractivity contribution in [3.63, 3.8) is 0 Å². The second-order valence-electron chi connectivity index (χ2n) is 7.27. The third kappa shape index (κ3) is 4.51. The molecule has 0 aliphatic rings. The van der Waals surface area contributed by atoms with Crippen LogP contribution in [0.5, 0.6) is 0 Å². The molecule has 0 aliphatic heterocycles. The standard InChI is InChI=1S/C19H23N5O2S/c1-5-15-23-24-16(25)10-14(22-18(24)27-15)11-20-12-7-6-8-13(9-12)21-17(26)19(2,3)4/h6-10,20H,5,11H2,1-4H3,(H,21,26). The normalized spacial score (nSPS) is 11.6. The van der Waals surface area contributed by atoms with Crippen LogP contribution in [0.2, 0.25) is 0 Å². The number of rotatable bonds is 5. The Hall–Kier alpha value is -2.74. The maximum atomic E-state index is 12.2. The molecule has 0 atom stereocenters. The van der Waals surface area contributed by atoms with Gasteiger partial charge in [0.25, 0.3) is 5.56 Å². The van der Waals surface area contributed by atoms with Crippen LogP contribution in [-0.4, -0.2) is 20.5 Å². The third-order valence-electron chi connectivity index (χ3n) is 3.92. The van der Waals surface area contributed by atoms with E-state index in [4.69, 9.17) is 0 Å². The zero-order valence-electron chi connectivity index (χ0n) is 15.9. The zero-order chi connectivity index (χ0) is 19.6. The van der Waals surface area contributed by atoms with Gasteiger partial charge in [-0.1, -0.05) is 45.1 Å². The second-order valence-corrected chi connectivity index (χ2v) is 8.31. The fourth-order valence-electron chi connectivity index (χ4n) is 2.35. The van der Waals surface area contributed by atoms with Crippen LogP contribution in [0.25, 0.3) is 4.96 Å². The molecule has 0 spiro atoms. The van der Waals surface area contributed by atoms with E-state index in [2.05, 4.69) is 20.7 Å². The minimum Gasteiger partial charge on any atom is -0.379 e. The molecule has 3 rings (SSSR count). The molecule has 0 aliphatic carbocycles. The molecule has 1 aromatic carbocycles. The van der Waals surface area contributed by atoms with Crippen molar-refractivity contribution in [2.45, 2.75) is 40.7 Å². The van der Waals surface area contributed by atoms with Gasteiger partial charge in [0.2, 0.25) is 10.9 Å². The molecule has 2 aromatic heterocycles. The van der Waals surface area contributed by atoms with Crippen molar-refractivity contribution < 1.29 is 4.79 Å². The number of aryl methyl sites for hydroxylation is 1. The molecule has 8 heteroatoms. The van der Waals surface area contributed by atoms with E-state index in [1.165, 1.54) is 21.9 Å². The fourth-order valence-corrected chi connectivity index (χ4v) is 3.21. The Kier molecular flexibility index (Phi) is 5.27. The van der Waals surface area contributed by atoms with Gasteiger partial charge in [-0.3, -0.25) is 9.59 Å². The summed E-state index contributed by atoms with van der Waals surface area (Å²) in [5.74, 6) is -0.0447. The number of anilines is 2. The predicted octanol–water partition coefficient (Wildman–Crippen LogP) is 3.31. The van der Waals surface area contributed by atoms with Gasteiger partial charge in [-0.2, -0.15) is 9.61 Å². The third-order valence-corrected chi connectivity index (χ3v) is 4.97. The Balaban J connectivity index is 1.73. The molecule has 2 heterocycles. The zero-order valence-corrected chi connectivity index (χ0v) is 16.7. The molecule has 2 N–H and O–H groups in total. The average Bonchev–Trinajstić information content (AvgIpc) is 3.03. The summed E-state index contributed by atoms with van der Waals surface area (Å²) >= 11 is 1.42. The minimum absolute atomic E-state index is 0.0447. The highest BCUT2D eigenvalue weighted by Crippen LogP contribution is 2.20. The van der Waals surface area contributed by atoms with Crippen LogP contribution >= 0.6 is 11.3 Å². The molecule has 142 valence electrons. The first-order chi connectivity index (χ1) is 12.8. The lowest BCUT2D eigenvalue weighted by atomic mass is 9.95. The van der Waals surface area contributed by atoms with Crippen molar-refractivity contribution in [1.29, 1.82) is 0 Å². The maximum Gasteiger partial charge on any atom is 0.275 e. The monoisotopic (exact) mass is 385 g/mol. The summed E-state index contributed by atoms with van der Waals surface area (Å²) in [5, 5.41) is 11.3. The van der Waals surface area contributed by atoms with Crippen LogP contribution in [0.15, 0.2) is 35.1 Å². The molecule has 0 fully saturated rings. The van der Waals surface area contributed by atoms with Crippen LogP contribution in [0, 0.1) is 5.41 Å². The maximum absolute atomic E-state index is 12.2. The van der Waals surface area contributed by atoms with E-state index in [0.717, 1.165) is 22.8 Å². The highest BCUT2D eigenvalue weighted by Gasteiger charge is 2.21. The van der Waals surface area contributed by atoms with Crippen molar-refractivity contribution in [1.82, 2.24) is 14.6 Å². The van der Waals surface area contributed by atoms with E-state index < -0.39 is 5.41 Å². The lowest BCUT2D eigenvalue weighted by Gasteiger charge is -2.18. The fraction of sp³-hybridized carbons (Fsp3) is 0.368. The van der Waals surface area contributed by atoms with E-state index >= 15 is 0 Å². The number of carbonyl (C=O) groups excluding carboxylic acids is 1. The van der Waals surface area contributed by atoms with Gasteiger partial charge in [-0.15, -0.1) is 0 Å². The Morgan fingerprint density at radius 2 is 1.96 bits per heavy atom. The topological polar surface area (TPSA) is 88.4 Å². The first-order valence-electron chi connectivity index (χ1n) is 8.80. The van der Waals surface area contributed by atoms with Gasteiger partial charge < -0.3 is 10.6 Å². The molecule has 0 radical (unpaired) electrons. The molecule has 27 heavy (non-hydrogen) atoms. The number of fused-ring (bicyclic) bond motifs is 1. The van der Waals surface area contributed by atoms with Crippen LogP contribution in [0.4, 0.5) is 11.4 Å². The molecule has 0 unspecified atom stereocenters. The summed E-state index contributed by atoms with van der Waals surface area (Å²) in [6, 6.07) is 8.96. The van der Waals surface area contributed by atoms with Crippen LogP contribution < -0.4 is 16.2 Å². The number of carbonyl (C=O) groups is 1. The SMILES string of the molecule is CCc1nn2c(=O)cc(CNc3cccc(NC(=O)C(C)(C)C)c3)nc2s1. The summed E-state index contributed by atoms with van der Waals surface area (Å²) in [7, 11) is 0. The Morgan fingerprint density at radius 3 is 2.67 bits per heavy atom. The van der Waals surface area contributed by atoms with E-state index in [9.17, 15) is 9.59 Å². The van der Waals surface area contributed by atoms with Crippen LogP contribution in [0.3, 0.4) is 0 Å². The van der Waals surface area contributed by atoms with Crippen molar-refractivity contribution in [3.05, 3.63) is 51.4 Å². The highest BCUT2D eigenvalue weighted by molar-refractivity contribution is 7.16. The molecule has 0 saturated heterocycles. The van der Waals surface area contributed by atoms with E-state index in [1.807, 2.05) is 52.0 Å². The number of nitrogens with zero attached hydrogens (tertiary/aromatic N) is 3. The van der Waals surface area contributed by atoms with Gasteiger partial charge in [0.15, 0.2) is 0 Å². The summed E-state index contributed by atoms with van der Waals surface area (Å²) in [4.78, 5) is 29.4. The quantitative estimate of drug-likeness (QED) is 0.703. The molecule has 7 nitrogen and oxygen atoms in total. The first-order valence-corrected chi connectivity index (χ1v) is 9.62. The van der Waals surface area contributed by atoms with Crippen LogP contribution in [0.1, 0.15) is 38.4 Å². The second kappa shape index (κ2) is 7.48. The Bertz CT molecular complexity index is 1030. The number of nitrogens with one attached hydrogen (secondary N) is 2. The minimum atomic E-state index is -0.461. The van der Waals surface area contributed by atoms with E-state index in [-0.39, 0.29) is 11.5 Å². The number of amides is 1. The summed E-state index contributed by atoms with van der Waals surface area (Å²) < 4.78 is 1.34. The molecule has 0 bridgehead atoms. The Labute approximate surface area is 161 Å². The van der Waals surface area contributed by atoms with Gasteiger partial charge in [0.1, 0.15) is 5.01 Å². The van der Waals surface area contributed by atoms with Gasteiger partial charge >= 0.3 is 0 Å². The summed E-state index contributed by atoms with van der Waals surface area (Å²) in [5.41, 5.74) is 1.56. The summed E-state index contributed by atoms with van der Waals surface area (Å²) in [6.45, 7) is 8.01. The molecular weight excluding hydrogens is 362 g/mol. The number of benzene rings is 1. The molecular formula is C19H23N5O2S. The van der Waals surface area contributed by atoms with Crippen molar-refractivity contribution in [2.75, 3.05) is 10.6 Å². The van der Waals surface area contributed by atoms with Crippen molar-refractivity contribution in [2.24, 2.45) is 5.41 Å². The van der Waals surface area contributed by atoms with E-state index in [0.29, 0.717) is 17.2 Å².